The highest BCUT2D eigenvalue weighted by Gasteiger charge is 2.35. The minimum Gasteiger partial charge on any atom is -0.388 e. The highest BCUT2D eigenvalue weighted by atomic mass is 35.5. The molecule has 0 amide bonds. The Morgan fingerprint density at radius 2 is 1.22 bits per heavy atom. The molecule has 0 aliphatic carbocycles. The number of carbonyl (C=O) groups excluding carboxylic acids is 1. The summed E-state index contributed by atoms with van der Waals surface area (Å²) in [5.41, 5.74) is 1.54. The summed E-state index contributed by atoms with van der Waals surface area (Å²) in [5.74, 6) is 0. The van der Waals surface area contributed by atoms with E-state index in [-0.39, 0.29) is 0 Å². The van der Waals surface area contributed by atoms with Crippen molar-refractivity contribution in [2.75, 3.05) is 6.61 Å². The number of rotatable bonds is 13. The summed E-state index contributed by atoms with van der Waals surface area (Å²) in [6, 6.07) is 25.9. The van der Waals surface area contributed by atoms with Gasteiger partial charge in [-0.25, -0.2) is 0 Å². The molecule has 3 aromatic carbocycles. The number of hydrogen-bond acceptors (Lipinski definition) is 5. The lowest BCUT2D eigenvalue weighted by molar-refractivity contribution is -0.159. The standard InChI is InChI=1S/C26H27ClO5/c27-26(29)25(32-18-22-14-8-3-9-15-22)24(31-17-21-12-6-2-7-13-21)23(28)19-30-16-20-10-4-1-5-11-20/h1-15,23-25,28H,16-19H2/t23-,24-,25+/m1/s1/i16D,17D,18D/t16?,17?,18?,23-,24-,25+. The number of ether oxygens (including phenoxy) is 3. The van der Waals surface area contributed by atoms with Gasteiger partial charge in [-0.2, -0.15) is 0 Å². The molecule has 1 N–H and O–H groups in total. The fourth-order valence-electron chi connectivity index (χ4n) is 2.87. The third-order valence-electron chi connectivity index (χ3n) is 4.50. The Morgan fingerprint density at radius 3 is 1.69 bits per heavy atom. The zero-order chi connectivity index (χ0) is 25.2. The Hall–Kier alpha value is -2.54. The molecule has 0 aliphatic heterocycles. The smallest absolute Gasteiger partial charge is 0.253 e. The van der Waals surface area contributed by atoms with Crippen molar-refractivity contribution in [3.8, 4) is 0 Å². The predicted octanol–water partition coefficient (Wildman–Crippen LogP) is 4.50. The van der Waals surface area contributed by atoms with Crippen molar-refractivity contribution in [3.63, 3.8) is 0 Å². The minimum atomic E-state index is -1.57. The van der Waals surface area contributed by atoms with E-state index in [1.165, 1.54) is 0 Å². The second-order valence-electron chi connectivity index (χ2n) is 6.95. The van der Waals surface area contributed by atoms with Crippen LogP contribution in [-0.2, 0) is 38.8 Å². The predicted molar refractivity (Wildman–Crippen MR) is 123 cm³/mol. The van der Waals surface area contributed by atoms with E-state index in [9.17, 15) is 9.90 Å². The van der Waals surface area contributed by atoms with Gasteiger partial charge in [0.15, 0.2) is 6.10 Å². The zero-order valence-electron chi connectivity index (χ0n) is 20.3. The van der Waals surface area contributed by atoms with Gasteiger partial charge in [-0.15, -0.1) is 0 Å². The molecule has 0 aliphatic rings. The molecule has 3 aromatic rings. The lowest BCUT2D eigenvalue weighted by Gasteiger charge is -2.29. The van der Waals surface area contributed by atoms with Crippen molar-refractivity contribution in [2.24, 2.45) is 0 Å². The van der Waals surface area contributed by atoms with Gasteiger partial charge in [0.05, 0.1) is 30.5 Å². The first-order valence-electron chi connectivity index (χ1n) is 11.8. The topological polar surface area (TPSA) is 65.0 Å². The number of halogens is 1. The molecule has 0 fully saturated rings. The first-order valence-corrected chi connectivity index (χ1v) is 10.5. The van der Waals surface area contributed by atoms with Crippen molar-refractivity contribution in [2.45, 2.75) is 38.1 Å². The van der Waals surface area contributed by atoms with Gasteiger partial charge in [0.1, 0.15) is 12.2 Å². The van der Waals surface area contributed by atoms with E-state index in [1.807, 2.05) is 6.07 Å². The van der Waals surface area contributed by atoms with E-state index in [0.29, 0.717) is 16.7 Å². The number of carbonyl (C=O) groups is 1. The third kappa shape index (κ3) is 7.86. The van der Waals surface area contributed by atoms with Crippen LogP contribution >= 0.6 is 11.6 Å². The van der Waals surface area contributed by atoms with Crippen LogP contribution in [0.3, 0.4) is 0 Å². The third-order valence-corrected chi connectivity index (χ3v) is 4.71. The van der Waals surface area contributed by atoms with E-state index >= 15 is 0 Å². The molecule has 5 nitrogen and oxygen atoms in total. The molecule has 0 saturated heterocycles. The second-order valence-corrected chi connectivity index (χ2v) is 7.32. The molecule has 6 atom stereocenters. The minimum absolute atomic E-state index is 0.396. The SMILES string of the molecule is [2H]C(OC[C@@H](O)[C@@H](OC([2H])c1ccccc1)[C@H](OC([2H])c1ccccc1)C(=O)Cl)c1ccccc1. The maximum atomic E-state index is 12.4. The molecule has 3 rings (SSSR count). The fraction of sp³-hybridized carbons (Fsp3) is 0.269. The summed E-state index contributed by atoms with van der Waals surface area (Å²) in [5, 5.41) is 9.94. The van der Waals surface area contributed by atoms with Crippen LogP contribution in [0.1, 0.15) is 20.8 Å². The van der Waals surface area contributed by atoms with Gasteiger partial charge in [0, 0.05) is 0 Å². The molecular weight excluding hydrogens is 428 g/mol. The quantitative estimate of drug-likeness (QED) is 0.383. The molecule has 0 spiro atoms. The number of aliphatic hydroxyl groups is 1. The Bertz CT molecular complexity index is 1030. The first kappa shape index (κ1) is 20.1. The Labute approximate surface area is 197 Å². The van der Waals surface area contributed by atoms with E-state index < -0.39 is 49.9 Å². The van der Waals surface area contributed by atoms with Gasteiger partial charge in [0.2, 0.25) is 0 Å². The largest absolute Gasteiger partial charge is 0.388 e. The van der Waals surface area contributed by atoms with Crippen LogP contribution in [0.5, 0.6) is 0 Å². The summed E-state index contributed by atoms with van der Waals surface area (Å²) in [6.07, 6.45) is -4.50. The highest BCUT2D eigenvalue weighted by molar-refractivity contribution is 6.64. The summed E-state index contributed by atoms with van der Waals surface area (Å²) >= 11 is 5.82. The number of aliphatic hydroxyl groups excluding tert-OH is 1. The second kappa shape index (κ2) is 13.1. The Kier molecular flexibility index (Phi) is 8.23. The molecule has 168 valence electrons. The first-order chi connectivity index (χ1) is 16.9. The Morgan fingerprint density at radius 1 is 0.781 bits per heavy atom. The van der Waals surface area contributed by atoms with Crippen molar-refractivity contribution in [1.29, 1.82) is 0 Å². The summed E-state index contributed by atoms with van der Waals surface area (Å²) in [7, 11) is 0. The summed E-state index contributed by atoms with van der Waals surface area (Å²) in [6.45, 7) is -4.06. The van der Waals surface area contributed by atoms with Crippen molar-refractivity contribution in [1.82, 2.24) is 0 Å². The van der Waals surface area contributed by atoms with Crippen LogP contribution in [0.2, 0.25) is 0 Å². The van der Waals surface area contributed by atoms with E-state index in [4.69, 9.17) is 29.9 Å². The molecule has 3 unspecified atom stereocenters. The van der Waals surface area contributed by atoms with Gasteiger partial charge >= 0.3 is 0 Å². The Balaban J connectivity index is 1.79. The van der Waals surface area contributed by atoms with Crippen LogP contribution in [0.4, 0.5) is 0 Å². The fourth-order valence-corrected chi connectivity index (χ4v) is 3.04. The maximum Gasteiger partial charge on any atom is 0.253 e. The molecule has 0 aromatic heterocycles. The van der Waals surface area contributed by atoms with Gasteiger partial charge < -0.3 is 19.3 Å². The van der Waals surface area contributed by atoms with Crippen molar-refractivity contribution < 1.29 is 28.2 Å². The van der Waals surface area contributed by atoms with Crippen LogP contribution in [0, 0.1) is 0 Å². The lowest BCUT2D eigenvalue weighted by atomic mass is 10.1. The normalized spacial score (nSPS) is 18.2. The molecule has 6 heteroatoms. The molecule has 0 bridgehead atoms. The van der Waals surface area contributed by atoms with E-state index in [2.05, 4.69) is 0 Å². The average Bonchev–Trinajstić information content (AvgIpc) is 2.90. The van der Waals surface area contributed by atoms with Crippen molar-refractivity contribution >= 4 is 16.8 Å². The van der Waals surface area contributed by atoms with Gasteiger partial charge in [-0.3, -0.25) is 4.79 Å². The van der Waals surface area contributed by atoms with E-state index in [1.54, 1.807) is 84.9 Å². The van der Waals surface area contributed by atoms with Crippen LogP contribution in [-0.4, -0.2) is 35.3 Å². The molecule has 0 heterocycles. The molecule has 0 saturated carbocycles. The van der Waals surface area contributed by atoms with E-state index in [0.717, 1.165) is 0 Å². The van der Waals surface area contributed by atoms with Gasteiger partial charge in [-0.05, 0) is 28.3 Å². The highest BCUT2D eigenvalue weighted by Crippen LogP contribution is 2.18. The average molecular weight is 458 g/mol. The van der Waals surface area contributed by atoms with Crippen molar-refractivity contribution in [3.05, 3.63) is 108 Å². The number of benzene rings is 3. The van der Waals surface area contributed by atoms with Crippen LogP contribution in [0.25, 0.3) is 0 Å². The van der Waals surface area contributed by atoms with Gasteiger partial charge in [-0.1, -0.05) is 91.0 Å². The lowest BCUT2D eigenvalue weighted by Crippen LogP contribution is -2.46. The van der Waals surface area contributed by atoms with Gasteiger partial charge in [0.25, 0.3) is 5.24 Å². The molecule has 32 heavy (non-hydrogen) atoms. The monoisotopic (exact) mass is 457 g/mol. The number of hydrogen-bond donors (Lipinski definition) is 1. The molecule has 0 radical (unpaired) electrons. The van der Waals surface area contributed by atoms with Crippen LogP contribution in [0.15, 0.2) is 91.0 Å². The summed E-state index contributed by atoms with van der Waals surface area (Å²) in [4.78, 5) is 12.4. The summed E-state index contributed by atoms with van der Waals surface area (Å²) < 4.78 is 41.8. The molecular formula is C26H27ClO5. The zero-order valence-corrected chi connectivity index (χ0v) is 18.0. The van der Waals surface area contributed by atoms with Crippen LogP contribution < -0.4 is 0 Å². The maximum absolute atomic E-state index is 12.4.